The van der Waals surface area contributed by atoms with Crippen LogP contribution >= 0.6 is 11.6 Å². The molecule has 5 heteroatoms. The molecule has 0 aliphatic heterocycles. The first-order valence-electron chi connectivity index (χ1n) is 9.11. The van der Waals surface area contributed by atoms with Gasteiger partial charge in [-0.1, -0.05) is 44.0 Å². The Morgan fingerprint density at radius 1 is 1.08 bits per heavy atom. The molecular weight excluding hydrogens is 346 g/mol. The Morgan fingerprint density at radius 2 is 1.81 bits per heavy atom. The van der Waals surface area contributed by atoms with Gasteiger partial charge in [0.25, 0.3) is 0 Å². The van der Waals surface area contributed by atoms with Crippen molar-refractivity contribution in [1.82, 2.24) is 9.13 Å². The van der Waals surface area contributed by atoms with Crippen molar-refractivity contribution in [2.45, 2.75) is 46.2 Å². The number of ketones is 1. The summed E-state index contributed by atoms with van der Waals surface area (Å²) in [6.07, 6.45) is 2.98. The van der Waals surface area contributed by atoms with Crippen LogP contribution in [0.3, 0.4) is 0 Å². The molecule has 4 nitrogen and oxygen atoms in total. The third-order valence-corrected chi connectivity index (χ3v) is 5.01. The van der Waals surface area contributed by atoms with E-state index in [1.165, 1.54) is 5.56 Å². The maximum atomic E-state index is 12.7. The van der Waals surface area contributed by atoms with E-state index < -0.39 is 0 Å². The van der Waals surface area contributed by atoms with Crippen molar-refractivity contribution < 1.29 is 4.79 Å². The first-order chi connectivity index (χ1) is 12.6. The quantitative estimate of drug-likeness (QED) is 0.596. The van der Waals surface area contributed by atoms with Crippen LogP contribution in [0.5, 0.6) is 0 Å². The number of rotatable bonds is 7. The van der Waals surface area contributed by atoms with E-state index in [1.807, 2.05) is 21.3 Å². The van der Waals surface area contributed by atoms with E-state index in [0.29, 0.717) is 16.2 Å². The maximum absolute atomic E-state index is 12.7. The zero-order valence-corrected chi connectivity index (χ0v) is 16.0. The van der Waals surface area contributed by atoms with Gasteiger partial charge in [0, 0.05) is 17.1 Å². The third-order valence-electron chi connectivity index (χ3n) is 4.75. The number of para-hydroxylation sites is 1. The third kappa shape index (κ3) is 3.47. The summed E-state index contributed by atoms with van der Waals surface area (Å²) in [5.74, 6) is -0.0170. The number of benzene rings is 2. The van der Waals surface area contributed by atoms with E-state index in [4.69, 9.17) is 17.0 Å². The van der Waals surface area contributed by atoms with E-state index in [-0.39, 0.29) is 12.3 Å². The minimum absolute atomic E-state index is 0.0170. The lowest BCUT2D eigenvalue weighted by Gasteiger charge is -2.06. The van der Waals surface area contributed by atoms with E-state index in [9.17, 15) is 4.79 Å². The van der Waals surface area contributed by atoms with Gasteiger partial charge in [0.2, 0.25) is 5.62 Å². The Hall–Kier alpha value is -2.33. The Balaban J connectivity index is 2.08. The predicted octanol–water partition coefficient (Wildman–Crippen LogP) is 4.82. The van der Waals surface area contributed by atoms with Crippen LogP contribution in [0.25, 0.3) is 11.0 Å². The van der Waals surface area contributed by atoms with Gasteiger partial charge in [-0.2, -0.15) is 0 Å². The zero-order chi connectivity index (χ0) is 18.7. The van der Waals surface area contributed by atoms with Crippen LogP contribution in [0.2, 0.25) is 5.02 Å². The van der Waals surface area contributed by atoms with Crippen molar-refractivity contribution in [3.8, 4) is 0 Å². The number of nitrogens with zero attached hydrogens (tertiary/aromatic N) is 2. The van der Waals surface area contributed by atoms with Gasteiger partial charge in [-0.15, -0.1) is 0 Å². The average Bonchev–Trinajstić information content (AvgIpc) is 2.92. The molecule has 0 saturated heterocycles. The smallest absolute Gasteiger partial charge is 0.203 e. The van der Waals surface area contributed by atoms with E-state index >= 15 is 0 Å². The molecule has 0 fully saturated rings. The Morgan fingerprint density at radius 3 is 2.46 bits per heavy atom. The van der Waals surface area contributed by atoms with Gasteiger partial charge >= 0.3 is 0 Å². The highest BCUT2D eigenvalue weighted by atomic mass is 35.5. The molecule has 0 aliphatic carbocycles. The van der Waals surface area contributed by atoms with Crippen LogP contribution in [0.15, 0.2) is 42.5 Å². The highest BCUT2D eigenvalue weighted by Gasteiger charge is 2.16. The molecule has 0 amide bonds. The van der Waals surface area contributed by atoms with Gasteiger partial charge in [-0.25, -0.2) is 0 Å². The van der Waals surface area contributed by atoms with E-state index in [0.717, 1.165) is 36.8 Å². The Bertz CT molecular complexity index is 983. The minimum Gasteiger partial charge on any atom is -0.310 e. The summed E-state index contributed by atoms with van der Waals surface area (Å²) in [4.78, 5) is 12.7. The SMILES string of the molecule is CCCCn1c(=N)n(CC(=O)c2ccc(Cl)cc2)c2cccc(CC)c21. The molecule has 1 heterocycles. The molecule has 0 unspecified atom stereocenters. The lowest BCUT2D eigenvalue weighted by molar-refractivity contribution is 0.0971. The number of unbranched alkanes of at least 4 members (excludes halogenated alkanes) is 1. The minimum atomic E-state index is -0.0170. The van der Waals surface area contributed by atoms with Gasteiger partial charge in [0.1, 0.15) is 0 Å². The normalized spacial score (nSPS) is 11.2. The monoisotopic (exact) mass is 369 g/mol. The second-order valence-corrected chi connectivity index (χ2v) is 6.92. The molecule has 0 atom stereocenters. The first kappa shape index (κ1) is 18.5. The maximum Gasteiger partial charge on any atom is 0.203 e. The fourth-order valence-electron chi connectivity index (χ4n) is 3.32. The van der Waals surface area contributed by atoms with Crippen LogP contribution in [0, 0.1) is 5.41 Å². The van der Waals surface area contributed by atoms with Crippen molar-refractivity contribution in [2.75, 3.05) is 0 Å². The fraction of sp³-hybridized carbons (Fsp3) is 0.333. The number of hydrogen-bond donors (Lipinski definition) is 1. The molecule has 0 aliphatic rings. The number of carbonyl (C=O) groups is 1. The summed E-state index contributed by atoms with van der Waals surface area (Å²) in [6, 6.07) is 13.0. The Kier molecular flexibility index (Phi) is 5.62. The summed E-state index contributed by atoms with van der Waals surface area (Å²) < 4.78 is 3.87. The molecule has 3 aromatic rings. The van der Waals surface area contributed by atoms with Gasteiger partial charge in [0.15, 0.2) is 5.78 Å². The number of nitrogens with one attached hydrogen (secondary N) is 1. The van der Waals surface area contributed by atoms with Crippen LogP contribution < -0.4 is 5.62 Å². The number of halogens is 1. The number of aryl methyl sites for hydroxylation is 2. The number of imidazole rings is 1. The highest BCUT2D eigenvalue weighted by Crippen LogP contribution is 2.20. The van der Waals surface area contributed by atoms with E-state index in [1.54, 1.807) is 24.3 Å². The summed E-state index contributed by atoms with van der Waals surface area (Å²) >= 11 is 5.92. The summed E-state index contributed by atoms with van der Waals surface area (Å²) in [5, 5.41) is 9.28. The van der Waals surface area contributed by atoms with Gasteiger partial charge < -0.3 is 9.13 Å². The molecule has 26 heavy (non-hydrogen) atoms. The number of hydrogen-bond acceptors (Lipinski definition) is 2. The first-order valence-corrected chi connectivity index (χ1v) is 9.48. The van der Waals surface area contributed by atoms with E-state index in [2.05, 4.69) is 19.9 Å². The molecule has 0 radical (unpaired) electrons. The van der Waals surface area contributed by atoms with Crippen molar-refractivity contribution in [3.63, 3.8) is 0 Å². The highest BCUT2D eigenvalue weighted by molar-refractivity contribution is 6.30. The predicted molar refractivity (Wildman–Crippen MR) is 106 cm³/mol. The standard InChI is InChI=1S/C21H24ClN3O/c1-3-5-13-24-20-15(4-2)7-6-8-18(20)25(21(24)23)14-19(26)16-9-11-17(22)12-10-16/h6-12,23H,3-5,13-14H2,1-2H3. The molecule has 0 spiro atoms. The largest absolute Gasteiger partial charge is 0.310 e. The van der Waals surface area contributed by atoms with Crippen LogP contribution in [-0.2, 0) is 19.5 Å². The van der Waals surface area contributed by atoms with Crippen molar-refractivity contribution in [2.24, 2.45) is 0 Å². The number of carbonyl (C=O) groups excluding carboxylic acids is 1. The molecule has 2 aromatic carbocycles. The second-order valence-electron chi connectivity index (χ2n) is 6.48. The average molecular weight is 370 g/mol. The molecule has 136 valence electrons. The van der Waals surface area contributed by atoms with Crippen LogP contribution in [-0.4, -0.2) is 14.9 Å². The van der Waals surface area contributed by atoms with Crippen LogP contribution in [0.1, 0.15) is 42.6 Å². The lowest BCUT2D eigenvalue weighted by atomic mass is 10.1. The van der Waals surface area contributed by atoms with Crippen molar-refractivity contribution in [1.29, 1.82) is 5.41 Å². The molecule has 1 N–H and O–H groups in total. The summed E-state index contributed by atoms with van der Waals surface area (Å²) in [7, 11) is 0. The topological polar surface area (TPSA) is 50.8 Å². The fourth-order valence-corrected chi connectivity index (χ4v) is 3.45. The molecule has 1 aromatic heterocycles. The molecule has 0 bridgehead atoms. The van der Waals surface area contributed by atoms with Crippen molar-refractivity contribution >= 4 is 28.4 Å². The summed E-state index contributed by atoms with van der Waals surface area (Å²) in [5.41, 5.74) is 4.24. The number of Topliss-reactive ketones (excluding diaryl/α,β-unsaturated/α-hetero) is 1. The lowest BCUT2D eigenvalue weighted by Crippen LogP contribution is -2.27. The van der Waals surface area contributed by atoms with Gasteiger partial charge in [-0.3, -0.25) is 10.2 Å². The number of aromatic nitrogens is 2. The zero-order valence-electron chi connectivity index (χ0n) is 15.3. The Labute approximate surface area is 158 Å². The second kappa shape index (κ2) is 7.92. The summed E-state index contributed by atoms with van der Waals surface area (Å²) in [6.45, 7) is 5.22. The van der Waals surface area contributed by atoms with Crippen molar-refractivity contribution in [3.05, 3.63) is 64.2 Å². The number of fused-ring (bicyclic) bond motifs is 1. The molecular formula is C21H24ClN3O. The van der Waals surface area contributed by atoms with Gasteiger partial charge in [0.05, 0.1) is 17.6 Å². The van der Waals surface area contributed by atoms with Gasteiger partial charge in [-0.05, 0) is 48.7 Å². The molecule has 3 rings (SSSR count). The molecule has 0 saturated carbocycles. The van der Waals surface area contributed by atoms with Crippen LogP contribution in [0.4, 0.5) is 0 Å².